The third kappa shape index (κ3) is 3.82. The second-order valence-corrected chi connectivity index (χ2v) is 5.47. The van der Waals surface area contributed by atoms with Crippen LogP contribution in [0.15, 0.2) is 6.07 Å². The van der Waals surface area contributed by atoms with Crippen LogP contribution in [0.1, 0.15) is 44.3 Å². The molecule has 1 aromatic heterocycles. The average Bonchev–Trinajstić information content (AvgIpc) is 2.75. The van der Waals surface area contributed by atoms with Gasteiger partial charge in [0.05, 0.1) is 0 Å². The van der Waals surface area contributed by atoms with Gasteiger partial charge in [0, 0.05) is 33.3 Å². The molecule has 1 aromatic rings. The van der Waals surface area contributed by atoms with E-state index in [9.17, 15) is 0 Å². The molecule has 0 aromatic carbocycles. The molecule has 1 N–H and O–H groups in total. The molecule has 5 nitrogen and oxygen atoms in total. The number of nitrogens with one attached hydrogen (secondary N) is 1. The number of rotatable bonds is 5. The highest BCUT2D eigenvalue weighted by atomic mass is 16.5. The first-order valence-corrected chi connectivity index (χ1v) is 7.52. The molecule has 20 heavy (non-hydrogen) atoms. The molecule has 2 rings (SSSR count). The number of hydrogen-bond acceptors (Lipinski definition) is 5. The van der Waals surface area contributed by atoms with Crippen LogP contribution in [0.5, 0.6) is 0 Å². The molecule has 5 heteroatoms. The summed E-state index contributed by atoms with van der Waals surface area (Å²) in [6, 6.07) is 2.61. The van der Waals surface area contributed by atoms with Gasteiger partial charge in [-0.05, 0) is 12.8 Å². The van der Waals surface area contributed by atoms with Crippen LogP contribution in [0.2, 0.25) is 0 Å². The molecule has 0 atom stereocenters. The summed E-state index contributed by atoms with van der Waals surface area (Å²) >= 11 is 0. The van der Waals surface area contributed by atoms with E-state index in [1.807, 2.05) is 13.1 Å². The summed E-state index contributed by atoms with van der Waals surface area (Å²) in [6.07, 6.45) is 7.90. The van der Waals surface area contributed by atoms with Gasteiger partial charge in [-0.25, -0.2) is 9.97 Å². The summed E-state index contributed by atoms with van der Waals surface area (Å²) in [5.41, 5.74) is 0. The molecule has 0 spiro atoms. The molecule has 1 saturated carbocycles. The van der Waals surface area contributed by atoms with E-state index in [1.54, 1.807) is 7.11 Å². The van der Waals surface area contributed by atoms with Crippen molar-refractivity contribution >= 4 is 11.6 Å². The summed E-state index contributed by atoms with van der Waals surface area (Å²) in [5, 5.41) is 3.10. The van der Waals surface area contributed by atoms with Gasteiger partial charge in [-0.1, -0.05) is 25.7 Å². The van der Waals surface area contributed by atoms with E-state index in [0.29, 0.717) is 12.6 Å². The van der Waals surface area contributed by atoms with Crippen LogP contribution >= 0.6 is 0 Å². The van der Waals surface area contributed by atoms with Crippen LogP contribution in [0, 0.1) is 0 Å². The van der Waals surface area contributed by atoms with Crippen molar-refractivity contribution in [1.29, 1.82) is 0 Å². The molecule has 1 fully saturated rings. The van der Waals surface area contributed by atoms with E-state index in [1.165, 1.54) is 38.5 Å². The lowest BCUT2D eigenvalue weighted by molar-refractivity contribution is 0.178. The minimum absolute atomic E-state index is 0.445. The van der Waals surface area contributed by atoms with E-state index in [0.717, 1.165) is 17.5 Å². The molecule has 1 aliphatic rings. The Hall–Kier alpha value is -1.36. The van der Waals surface area contributed by atoms with Crippen molar-refractivity contribution in [2.75, 3.05) is 31.4 Å². The SMILES string of the molecule is CNc1cc(N(C)C2CCCCCC2)nc(COC)n1. The number of aromatic nitrogens is 2. The molecule has 112 valence electrons. The van der Waals surface area contributed by atoms with Crippen molar-refractivity contribution in [2.45, 2.75) is 51.2 Å². The van der Waals surface area contributed by atoms with Gasteiger partial charge in [-0.15, -0.1) is 0 Å². The predicted octanol–water partition coefficient (Wildman–Crippen LogP) is 2.82. The number of anilines is 2. The van der Waals surface area contributed by atoms with E-state index in [2.05, 4.69) is 27.2 Å². The zero-order valence-corrected chi connectivity index (χ0v) is 12.9. The Morgan fingerprint density at radius 1 is 1.25 bits per heavy atom. The Balaban J connectivity index is 2.18. The third-order valence-corrected chi connectivity index (χ3v) is 4.02. The van der Waals surface area contributed by atoms with Gasteiger partial charge < -0.3 is 15.0 Å². The van der Waals surface area contributed by atoms with Crippen molar-refractivity contribution < 1.29 is 4.74 Å². The first-order chi connectivity index (χ1) is 9.74. The highest BCUT2D eigenvalue weighted by Gasteiger charge is 2.19. The van der Waals surface area contributed by atoms with Gasteiger partial charge in [-0.2, -0.15) is 0 Å². The molecule has 0 bridgehead atoms. The molecular formula is C15H26N4O. The van der Waals surface area contributed by atoms with Crippen LogP contribution in [0.3, 0.4) is 0 Å². The molecule has 0 unspecified atom stereocenters. The first kappa shape index (κ1) is 15.0. The van der Waals surface area contributed by atoms with Gasteiger partial charge in [0.1, 0.15) is 18.2 Å². The second-order valence-electron chi connectivity index (χ2n) is 5.47. The largest absolute Gasteiger partial charge is 0.377 e. The lowest BCUT2D eigenvalue weighted by Crippen LogP contribution is -2.32. The summed E-state index contributed by atoms with van der Waals surface area (Å²) < 4.78 is 5.16. The van der Waals surface area contributed by atoms with Crippen molar-refractivity contribution in [1.82, 2.24) is 9.97 Å². The predicted molar refractivity (Wildman–Crippen MR) is 82.2 cm³/mol. The molecule has 0 aliphatic heterocycles. The standard InChI is InChI=1S/C15H26N4O/c1-16-13-10-15(18-14(17-13)11-20-3)19(2)12-8-6-4-5-7-9-12/h10,12H,4-9,11H2,1-3H3,(H,16,17,18). The number of methoxy groups -OCH3 is 1. The van der Waals surface area contributed by atoms with Crippen LogP contribution in [-0.2, 0) is 11.3 Å². The Bertz CT molecular complexity index is 416. The third-order valence-electron chi connectivity index (χ3n) is 4.02. The maximum absolute atomic E-state index is 5.16. The van der Waals surface area contributed by atoms with E-state index in [4.69, 9.17) is 4.74 Å². The van der Waals surface area contributed by atoms with Crippen LogP contribution in [-0.4, -0.2) is 37.2 Å². The molecule has 1 heterocycles. The van der Waals surface area contributed by atoms with Gasteiger partial charge in [-0.3, -0.25) is 0 Å². The Kier molecular flexibility index (Phi) is 5.59. The lowest BCUT2D eigenvalue weighted by atomic mass is 10.1. The van der Waals surface area contributed by atoms with Gasteiger partial charge in [0.25, 0.3) is 0 Å². The van der Waals surface area contributed by atoms with Crippen LogP contribution in [0.4, 0.5) is 11.6 Å². The van der Waals surface area contributed by atoms with E-state index < -0.39 is 0 Å². The first-order valence-electron chi connectivity index (χ1n) is 7.52. The number of ether oxygens (including phenoxy) is 1. The van der Waals surface area contributed by atoms with Crippen LogP contribution in [0.25, 0.3) is 0 Å². The lowest BCUT2D eigenvalue weighted by Gasteiger charge is -2.28. The van der Waals surface area contributed by atoms with Gasteiger partial charge in [0.2, 0.25) is 0 Å². The van der Waals surface area contributed by atoms with Gasteiger partial charge >= 0.3 is 0 Å². The normalized spacial score (nSPS) is 16.8. The Labute approximate surface area is 121 Å². The topological polar surface area (TPSA) is 50.3 Å². The second kappa shape index (κ2) is 7.43. The van der Waals surface area contributed by atoms with Crippen molar-refractivity contribution in [3.05, 3.63) is 11.9 Å². The smallest absolute Gasteiger partial charge is 0.158 e. The van der Waals surface area contributed by atoms with Gasteiger partial charge in [0.15, 0.2) is 5.82 Å². The summed E-state index contributed by atoms with van der Waals surface area (Å²) in [4.78, 5) is 11.4. The molecule has 0 saturated heterocycles. The van der Waals surface area contributed by atoms with Crippen molar-refractivity contribution in [3.8, 4) is 0 Å². The fourth-order valence-electron chi connectivity index (χ4n) is 2.82. The summed E-state index contributed by atoms with van der Waals surface area (Å²) in [7, 11) is 5.70. The summed E-state index contributed by atoms with van der Waals surface area (Å²) in [6.45, 7) is 0.445. The molecule has 0 amide bonds. The zero-order chi connectivity index (χ0) is 14.4. The van der Waals surface area contributed by atoms with E-state index in [-0.39, 0.29) is 0 Å². The Morgan fingerprint density at radius 2 is 1.95 bits per heavy atom. The fraction of sp³-hybridized carbons (Fsp3) is 0.733. The Morgan fingerprint density at radius 3 is 2.55 bits per heavy atom. The molecule has 0 radical (unpaired) electrons. The maximum Gasteiger partial charge on any atom is 0.158 e. The fourth-order valence-corrected chi connectivity index (χ4v) is 2.82. The minimum atomic E-state index is 0.445. The summed E-state index contributed by atoms with van der Waals surface area (Å²) in [5.74, 6) is 2.57. The van der Waals surface area contributed by atoms with E-state index >= 15 is 0 Å². The monoisotopic (exact) mass is 278 g/mol. The maximum atomic E-state index is 5.16. The average molecular weight is 278 g/mol. The highest BCUT2D eigenvalue weighted by molar-refractivity contribution is 5.49. The molecule has 1 aliphatic carbocycles. The quantitative estimate of drug-likeness (QED) is 0.839. The zero-order valence-electron chi connectivity index (χ0n) is 12.9. The minimum Gasteiger partial charge on any atom is -0.377 e. The number of hydrogen-bond donors (Lipinski definition) is 1. The van der Waals surface area contributed by atoms with Crippen LogP contribution < -0.4 is 10.2 Å². The van der Waals surface area contributed by atoms with Crippen molar-refractivity contribution in [2.24, 2.45) is 0 Å². The molecular weight excluding hydrogens is 252 g/mol. The number of nitrogens with zero attached hydrogens (tertiary/aromatic N) is 3. The van der Waals surface area contributed by atoms with Crippen molar-refractivity contribution in [3.63, 3.8) is 0 Å². The highest BCUT2D eigenvalue weighted by Crippen LogP contribution is 2.25.